The van der Waals surface area contributed by atoms with Crippen molar-refractivity contribution in [2.24, 2.45) is 0 Å². The molecule has 0 bridgehead atoms. The standard InChI is InChI=1S/C31H23IN2O4S/c1-2-37-27-15-20(14-26(32)29(27)38-19-24-10-4-3-9-22(24)17-33)16-28-30(35)34(31(36)39-28)18-23-12-7-11-21-8-5-6-13-25(21)23/h3-16H,2,18-19H2,1H3/b28-16+. The van der Waals surface area contributed by atoms with Crippen molar-refractivity contribution in [2.75, 3.05) is 6.61 Å². The molecule has 2 amide bonds. The van der Waals surface area contributed by atoms with Crippen LogP contribution in [0.1, 0.15) is 29.2 Å². The van der Waals surface area contributed by atoms with Gasteiger partial charge in [-0.2, -0.15) is 5.26 Å². The van der Waals surface area contributed by atoms with Gasteiger partial charge < -0.3 is 9.47 Å². The van der Waals surface area contributed by atoms with Gasteiger partial charge in [0.15, 0.2) is 11.5 Å². The molecule has 1 aliphatic heterocycles. The second kappa shape index (κ2) is 11.9. The number of thioether (sulfide) groups is 1. The highest BCUT2D eigenvalue weighted by Gasteiger charge is 2.35. The number of nitriles is 1. The quantitative estimate of drug-likeness (QED) is 0.146. The molecule has 194 valence electrons. The summed E-state index contributed by atoms with van der Waals surface area (Å²) in [7, 11) is 0. The second-order valence-corrected chi connectivity index (χ2v) is 10.9. The highest BCUT2D eigenvalue weighted by molar-refractivity contribution is 14.1. The number of nitrogens with zero attached hydrogens (tertiary/aromatic N) is 2. The monoisotopic (exact) mass is 646 g/mol. The number of hydrogen-bond donors (Lipinski definition) is 0. The maximum absolute atomic E-state index is 13.3. The first kappa shape index (κ1) is 26.8. The summed E-state index contributed by atoms with van der Waals surface area (Å²) >= 11 is 3.10. The summed E-state index contributed by atoms with van der Waals surface area (Å²) in [5.41, 5.74) is 2.98. The maximum Gasteiger partial charge on any atom is 0.293 e. The van der Waals surface area contributed by atoms with Crippen molar-refractivity contribution in [3.05, 3.63) is 110 Å². The molecule has 5 rings (SSSR count). The Hall–Kier alpha value is -3.81. The molecule has 1 fully saturated rings. The number of amides is 2. The Morgan fingerprint density at radius 2 is 1.72 bits per heavy atom. The predicted octanol–water partition coefficient (Wildman–Crippen LogP) is 7.53. The van der Waals surface area contributed by atoms with Gasteiger partial charge in [0, 0.05) is 5.56 Å². The minimum atomic E-state index is -0.320. The number of rotatable bonds is 8. The van der Waals surface area contributed by atoms with Crippen LogP contribution in [-0.2, 0) is 17.9 Å². The third kappa shape index (κ3) is 5.79. The second-order valence-electron chi connectivity index (χ2n) is 8.73. The molecule has 1 saturated heterocycles. The van der Waals surface area contributed by atoms with Gasteiger partial charge in [-0.1, -0.05) is 60.7 Å². The van der Waals surface area contributed by atoms with Gasteiger partial charge in [0.1, 0.15) is 6.61 Å². The number of imide groups is 1. The van der Waals surface area contributed by atoms with E-state index in [0.717, 1.165) is 42.8 Å². The average molecular weight is 647 g/mol. The van der Waals surface area contributed by atoms with Crippen LogP contribution in [-0.4, -0.2) is 22.7 Å². The fourth-order valence-electron chi connectivity index (χ4n) is 4.37. The molecule has 6 nitrogen and oxygen atoms in total. The van der Waals surface area contributed by atoms with Crippen molar-refractivity contribution in [3.8, 4) is 17.6 Å². The van der Waals surface area contributed by atoms with Crippen LogP contribution in [0.25, 0.3) is 16.8 Å². The number of fused-ring (bicyclic) bond motifs is 1. The Balaban J connectivity index is 1.39. The van der Waals surface area contributed by atoms with Crippen LogP contribution >= 0.6 is 34.4 Å². The highest BCUT2D eigenvalue weighted by Crippen LogP contribution is 2.38. The van der Waals surface area contributed by atoms with Crippen molar-refractivity contribution in [3.63, 3.8) is 0 Å². The van der Waals surface area contributed by atoms with E-state index in [2.05, 4.69) is 28.7 Å². The first-order valence-electron chi connectivity index (χ1n) is 12.3. The topological polar surface area (TPSA) is 79.6 Å². The molecule has 39 heavy (non-hydrogen) atoms. The summed E-state index contributed by atoms with van der Waals surface area (Å²) in [6, 6.07) is 27.0. The van der Waals surface area contributed by atoms with E-state index < -0.39 is 0 Å². The summed E-state index contributed by atoms with van der Waals surface area (Å²) < 4.78 is 12.7. The molecule has 0 N–H and O–H groups in total. The Morgan fingerprint density at radius 1 is 0.974 bits per heavy atom. The van der Waals surface area contributed by atoms with E-state index in [1.54, 1.807) is 18.2 Å². The molecule has 1 aliphatic rings. The lowest BCUT2D eigenvalue weighted by atomic mass is 10.0. The van der Waals surface area contributed by atoms with Crippen LogP contribution in [0, 0.1) is 14.9 Å². The first-order valence-corrected chi connectivity index (χ1v) is 14.2. The number of hydrogen-bond acceptors (Lipinski definition) is 6. The maximum atomic E-state index is 13.3. The minimum Gasteiger partial charge on any atom is -0.490 e. The third-order valence-corrected chi connectivity index (χ3v) is 7.93. The molecular weight excluding hydrogens is 623 g/mol. The molecule has 0 unspecified atom stereocenters. The van der Waals surface area contributed by atoms with Crippen molar-refractivity contribution in [1.29, 1.82) is 5.26 Å². The van der Waals surface area contributed by atoms with Crippen LogP contribution in [0.2, 0.25) is 0 Å². The number of ether oxygens (including phenoxy) is 2. The zero-order valence-corrected chi connectivity index (χ0v) is 24.0. The molecule has 0 aromatic heterocycles. The van der Waals surface area contributed by atoms with Crippen LogP contribution in [0.4, 0.5) is 4.79 Å². The molecule has 0 radical (unpaired) electrons. The Kier molecular flexibility index (Phi) is 8.19. The van der Waals surface area contributed by atoms with E-state index in [-0.39, 0.29) is 24.3 Å². The van der Waals surface area contributed by atoms with Crippen molar-refractivity contribution < 1.29 is 19.1 Å². The lowest BCUT2D eigenvalue weighted by Gasteiger charge is -2.15. The smallest absolute Gasteiger partial charge is 0.293 e. The van der Waals surface area contributed by atoms with E-state index >= 15 is 0 Å². The van der Waals surface area contributed by atoms with Gasteiger partial charge >= 0.3 is 0 Å². The fourth-order valence-corrected chi connectivity index (χ4v) is 5.99. The first-order chi connectivity index (χ1) is 19.0. The van der Waals surface area contributed by atoms with Crippen molar-refractivity contribution in [1.82, 2.24) is 4.90 Å². The van der Waals surface area contributed by atoms with Gasteiger partial charge in [-0.15, -0.1) is 0 Å². The summed E-state index contributed by atoms with van der Waals surface area (Å²) in [4.78, 5) is 27.8. The van der Waals surface area contributed by atoms with Gasteiger partial charge in [-0.3, -0.25) is 14.5 Å². The van der Waals surface area contributed by atoms with Gasteiger partial charge in [-0.05, 0) is 87.5 Å². The molecule has 0 aliphatic carbocycles. The zero-order valence-electron chi connectivity index (χ0n) is 21.0. The Labute approximate surface area is 244 Å². The van der Waals surface area contributed by atoms with Crippen LogP contribution in [0.5, 0.6) is 11.5 Å². The van der Waals surface area contributed by atoms with Crippen molar-refractivity contribution >= 4 is 62.3 Å². The summed E-state index contributed by atoms with van der Waals surface area (Å²) in [5, 5.41) is 11.2. The van der Waals surface area contributed by atoms with Gasteiger partial charge in [0.05, 0.1) is 33.3 Å². The van der Waals surface area contributed by atoms with Gasteiger partial charge in [0.25, 0.3) is 11.1 Å². The molecule has 0 atom stereocenters. The molecule has 4 aromatic rings. The van der Waals surface area contributed by atoms with Crippen LogP contribution in [0.3, 0.4) is 0 Å². The average Bonchev–Trinajstić information content (AvgIpc) is 3.20. The lowest BCUT2D eigenvalue weighted by Crippen LogP contribution is -2.27. The molecule has 0 spiro atoms. The molecule has 0 saturated carbocycles. The molecular formula is C31H23IN2O4S. The van der Waals surface area contributed by atoms with Gasteiger partial charge in [0.2, 0.25) is 0 Å². The summed E-state index contributed by atoms with van der Waals surface area (Å²) in [6.45, 7) is 2.73. The molecule has 8 heteroatoms. The van der Waals surface area contributed by atoms with E-state index in [0.29, 0.717) is 28.6 Å². The number of halogens is 1. The summed E-state index contributed by atoms with van der Waals surface area (Å²) in [5.74, 6) is 0.769. The highest BCUT2D eigenvalue weighted by atomic mass is 127. The predicted molar refractivity (Wildman–Crippen MR) is 161 cm³/mol. The molecule has 1 heterocycles. The van der Waals surface area contributed by atoms with Gasteiger partial charge in [-0.25, -0.2) is 0 Å². The van der Waals surface area contributed by atoms with E-state index in [9.17, 15) is 14.9 Å². The van der Waals surface area contributed by atoms with Crippen LogP contribution in [0.15, 0.2) is 83.8 Å². The SMILES string of the molecule is CCOc1cc(/C=C2/SC(=O)N(Cc3cccc4ccccc34)C2=O)cc(I)c1OCc1ccccc1C#N. The van der Waals surface area contributed by atoms with Crippen LogP contribution < -0.4 is 9.47 Å². The number of carbonyl (C=O) groups excluding carboxylic acids is 2. The zero-order chi connectivity index (χ0) is 27.4. The van der Waals surface area contributed by atoms with E-state index in [1.165, 1.54) is 4.90 Å². The largest absolute Gasteiger partial charge is 0.490 e. The Bertz CT molecular complexity index is 1660. The summed E-state index contributed by atoms with van der Waals surface area (Å²) in [6.07, 6.45) is 1.72. The van der Waals surface area contributed by atoms with E-state index in [4.69, 9.17) is 9.47 Å². The number of benzene rings is 4. The normalized spacial score (nSPS) is 14.2. The van der Waals surface area contributed by atoms with Crippen molar-refractivity contribution in [2.45, 2.75) is 20.1 Å². The minimum absolute atomic E-state index is 0.210. The van der Waals surface area contributed by atoms with E-state index in [1.807, 2.05) is 73.7 Å². The molecule has 4 aromatic carbocycles. The number of carbonyl (C=O) groups is 2. The Morgan fingerprint density at radius 3 is 2.54 bits per heavy atom. The fraction of sp³-hybridized carbons (Fsp3) is 0.129. The lowest BCUT2D eigenvalue weighted by molar-refractivity contribution is -0.123. The third-order valence-electron chi connectivity index (χ3n) is 6.22.